The summed E-state index contributed by atoms with van der Waals surface area (Å²) in [6, 6.07) is 0. The molecule has 0 saturated heterocycles. The highest BCUT2D eigenvalue weighted by atomic mass is 16.6. The smallest absolute Gasteiger partial charge is 0.303 e. The number of rotatable bonds is 2. The van der Waals surface area contributed by atoms with Gasteiger partial charge in [-0.2, -0.15) is 0 Å². The number of carbonyl (C=O) groups excluding carboxylic acids is 3. The topological polar surface area (TPSA) is 60.4 Å². The minimum Gasteiger partial charge on any atom is -0.451 e. The minimum absolute atomic E-state index is 0.00561. The largest absolute Gasteiger partial charge is 0.451 e. The van der Waals surface area contributed by atoms with Crippen LogP contribution in [0, 0.1) is 40.9 Å². The van der Waals surface area contributed by atoms with E-state index < -0.39 is 5.60 Å². The molecule has 4 heteroatoms. The Bertz CT molecular complexity index is 752. The highest BCUT2D eigenvalue weighted by Crippen LogP contribution is 2.67. The monoisotopic (exact) mass is 386 g/mol. The van der Waals surface area contributed by atoms with Crippen molar-refractivity contribution in [3.05, 3.63) is 11.6 Å². The lowest BCUT2D eigenvalue weighted by Crippen LogP contribution is -2.59. The molecular weight excluding hydrogens is 352 g/mol. The molecule has 0 bridgehead atoms. The highest BCUT2D eigenvalue weighted by Gasteiger charge is 2.68. The van der Waals surface area contributed by atoms with Crippen molar-refractivity contribution in [1.82, 2.24) is 0 Å². The Morgan fingerprint density at radius 2 is 1.89 bits per heavy atom. The number of ketones is 2. The van der Waals surface area contributed by atoms with Crippen molar-refractivity contribution in [2.24, 2.45) is 40.9 Å². The van der Waals surface area contributed by atoms with Gasteiger partial charge < -0.3 is 4.74 Å². The molecule has 0 amide bonds. The van der Waals surface area contributed by atoms with E-state index in [1.165, 1.54) is 12.5 Å². The molecule has 28 heavy (non-hydrogen) atoms. The molecule has 0 aromatic carbocycles. The molecule has 0 unspecified atom stereocenters. The highest BCUT2D eigenvalue weighted by molar-refractivity contribution is 5.91. The number of allylic oxidation sites excluding steroid dienone is 1. The van der Waals surface area contributed by atoms with E-state index in [0.717, 1.165) is 25.7 Å². The summed E-state index contributed by atoms with van der Waals surface area (Å²) < 4.78 is 5.86. The summed E-state index contributed by atoms with van der Waals surface area (Å²) in [7, 11) is 0. The molecule has 4 aliphatic rings. The molecule has 0 N–H and O–H groups in total. The van der Waals surface area contributed by atoms with Crippen molar-refractivity contribution in [2.75, 3.05) is 0 Å². The van der Waals surface area contributed by atoms with Gasteiger partial charge in [0.1, 0.15) is 0 Å². The van der Waals surface area contributed by atoms with Gasteiger partial charge in [-0.3, -0.25) is 14.4 Å². The van der Waals surface area contributed by atoms with Crippen molar-refractivity contribution in [3.63, 3.8) is 0 Å². The maximum atomic E-state index is 12.8. The number of esters is 1. The number of hydrogen-bond donors (Lipinski definition) is 0. The van der Waals surface area contributed by atoms with Crippen molar-refractivity contribution in [2.45, 2.75) is 78.7 Å². The van der Waals surface area contributed by atoms with Crippen molar-refractivity contribution in [3.8, 4) is 0 Å². The molecule has 0 spiro atoms. The normalized spacial score (nSPS) is 47.5. The first-order valence-corrected chi connectivity index (χ1v) is 11.1. The van der Waals surface area contributed by atoms with Crippen LogP contribution in [0.1, 0.15) is 73.1 Å². The summed E-state index contributed by atoms with van der Waals surface area (Å²) in [5.41, 5.74) is 0.116. The van der Waals surface area contributed by atoms with E-state index in [1.807, 2.05) is 6.08 Å². The number of hydrogen-bond acceptors (Lipinski definition) is 4. The molecule has 3 saturated carbocycles. The zero-order chi connectivity index (χ0) is 20.4. The van der Waals surface area contributed by atoms with E-state index in [4.69, 9.17) is 4.74 Å². The predicted molar refractivity (Wildman–Crippen MR) is 106 cm³/mol. The lowest BCUT2D eigenvalue weighted by atomic mass is 9.46. The predicted octanol–water partition coefficient (Wildman–Crippen LogP) is 4.51. The fraction of sp³-hybridized carbons (Fsp3) is 0.792. The quantitative estimate of drug-likeness (QED) is 0.655. The van der Waals surface area contributed by atoms with Crippen LogP contribution >= 0.6 is 0 Å². The van der Waals surface area contributed by atoms with E-state index in [9.17, 15) is 14.4 Å². The Morgan fingerprint density at radius 1 is 1.18 bits per heavy atom. The van der Waals surface area contributed by atoms with Gasteiger partial charge in [0.15, 0.2) is 17.2 Å². The average Bonchev–Trinajstić information content (AvgIpc) is 2.88. The summed E-state index contributed by atoms with van der Waals surface area (Å²) >= 11 is 0. The van der Waals surface area contributed by atoms with Crippen molar-refractivity contribution >= 4 is 17.5 Å². The van der Waals surface area contributed by atoms with Gasteiger partial charge in [0.05, 0.1) is 0 Å². The third kappa shape index (κ3) is 2.59. The zero-order valence-electron chi connectivity index (χ0n) is 17.9. The molecule has 4 nitrogen and oxygen atoms in total. The molecule has 8 atom stereocenters. The lowest BCUT2D eigenvalue weighted by molar-refractivity contribution is -0.190. The van der Waals surface area contributed by atoms with Gasteiger partial charge >= 0.3 is 5.97 Å². The Hall–Kier alpha value is -1.45. The van der Waals surface area contributed by atoms with Gasteiger partial charge in [-0.1, -0.05) is 26.3 Å². The average molecular weight is 387 g/mol. The van der Waals surface area contributed by atoms with Gasteiger partial charge in [0.25, 0.3) is 0 Å². The van der Waals surface area contributed by atoms with Crippen LogP contribution in [0.25, 0.3) is 0 Å². The van der Waals surface area contributed by atoms with Crippen molar-refractivity contribution < 1.29 is 19.1 Å². The number of Topliss-reactive ketones (excluding diaryl/α,β-unsaturated/α-hetero) is 1. The summed E-state index contributed by atoms with van der Waals surface area (Å²) in [6.45, 7) is 9.82. The van der Waals surface area contributed by atoms with E-state index in [1.54, 1.807) is 6.92 Å². The number of ether oxygens (including phenoxy) is 1. The van der Waals surface area contributed by atoms with Crippen LogP contribution in [0.15, 0.2) is 11.6 Å². The second-order valence-corrected chi connectivity index (χ2v) is 10.4. The zero-order valence-corrected chi connectivity index (χ0v) is 17.9. The first kappa shape index (κ1) is 19.8. The molecule has 0 aromatic heterocycles. The summed E-state index contributed by atoms with van der Waals surface area (Å²) in [5, 5.41) is 0. The van der Waals surface area contributed by atoms with Crippen LogP contribution < -0.4 is 0 Å². The Labute approximate surface area is 168 Å². The Kier molecular flexibility index (Phi) is 4.63. The maximum absolute atomic E-state index is 12.8. The second-order valence-electron chi connectivity index (χ2n) is 10.4. The van der Waals surface area contributed by atoms with Crippen LogP contribution in [0.4, 0.5) is 0 Å². The molecule has 0 aliphatic heterocycles. The molecule has 3 fully saturated rings. The van der Waals surface area contributed by atoms with Gasteiger partial charge in [0, 0.05) is 18.8 Å². The van der Waals surface area contributed by atoms with Crippen LogP contribution in [-0.4, -0.2) is 23.1 Å². The maximum Gasteiger partial charge on any atom is 0.303 e. The van der Waals surface area contributed by atoms with Gasteiger partial charge in [-0.05, 0) is 80.6 Å². The number of fused-ring (bicyclic) bond motifs is 5. The summed E-state index contributed by atoms with van der Waals surface area (Å²) in [5.74, 6) is 2.84. The van der Waals surface area contributed by atoms with Gasteiger partial charge in [0.2, 0.25) is 0 Å². The van der Waals surface area contributed by atoms with Gasteiger partial charge in [-0.25, -0.2) is 0 Å². The van der Waals surface area contributed by atoms with E-state index in [0.29, 0.717) is 48.3 Å². The van der Waals surface area contributed by atoms with E-state index in [-0.39, 0.29) is 23.0 Å². The molecule has 0 heterocycles. The van der Waals surface area contributed by atoms with Gasteiger partial charge in [-0.15, -0.1) is 0 Å². The lowest BCUT2D eigenvalue weighted by Gasteiger charge is -2.59. The fourth-order valence-corrected chi connectivity index (χ4v) is 8.14. The molecule has 0 aromatic rings. The first-order valence-electron chi connectivity index (χ1n) is 11.1. The molecule has 4 rings (SSSR count). The molecule has 4 aliphatic carbocycles. The SMILES string of the molecule is CC(=O)O[C@]1(C(C)=O)CC[C@H]2[C@@H]3C[C@H](C)C4=CC(=O)CC[C@@H]4[C@H]3[C@@H](C)C[C@@]21C. The fourth-order valence-electron chi connectivity index (χ4n) is 8.14. The standard InChI is InChI=1S/C24H34O4/c1-13-10-20-21-8-9-24(15(3)25,28-16(4)26)23(21,5)12-14(2)22(20)18-7-6-17(27)11-19(13)18/h11,13-14,18,20-22H,6-10,12H2,1-5H3/t13-,14-,18-,20-,21-,22+,23-,24-/m0/s1. The van der Waals surface area contributed by atoms with Crippen molar-refractivity contribution in [1.29, 1.82) is 0 Å². The minimum atomic E-state index is -0.968. The molecule has 0 radical (unpaired) electrons. The molecular formula is C24H34O4. The Balaban J connectivity index is 1.74. The summed E-state index contributed by atoms with van der Waals surface area (Å²) in [4.78, 5) is 36.8. The summed E-state index contributed by atoms with van der Waals surface area (Å²) in [6.07, 6.45) is 7.20. The third-order valence-electron chi connectivity index (χ3n) is 8.97. The molecule has 154 valence electrons. The Morgan fingerprint density at radius 3 is 2.54 bits per heavy atom. The van der Waals surface area contributed by atoms with E-state index >= 15 is 0 Å². The van der Waals surface area contributed by atoms with Crippen LogP contribution in [0.5, 0.6) is 0 Å². The van der Waals surface area contributed by atoms with Crippen LogP contribution in [-0.2, 0) is 19.1 Å². The van der Waals surface area contributed by atoms with Crippen LogP contribution in [0.3, 0.4) is 0 Å². The van der Waals surface area contributed by atoms with E-state index in [2.05, 4.69) is 20.8 Å². The van der Waals surface area contributed by atoms with Crippen LogP contribution in [0.2, 0.25) is 0 Å². The second kappa shape index (κ2) is 6.53. The first-order chi connectivity index (χ1) is 13.1. The number of carbonyl (C=O) groups is 3. The third-order valence-corrected chi connectivity index (χ3v) is 8.97.